The lowest BCUT2D eigenvalue weighted by Gasteiger charge is -2.14. The fourth-order valence-corrected chi connectivity index (χ4v) is 3.92. The maximum absolute atomic E-state index is 10.4. The lowest BCUT2D eigenvalue weighted by molar-refractivity contribution is 0.178. The van der Waals surface area contributed by atoms with Gasteiger partial charge in [-0.25, -0.2) is 4.98 Å². The minimum Gasteiger partial charge on any atom is -0.388 e. The molecule has 1 atom stereocenters. The van der Waals surface area contributed by atoms with Gasteiger partial charge in [0.05, 0.1) is 27.0 Å². The topological polar surface area (TPSA) is 46.0 Å². The molecule has 3 heterocycles. The number of aromatic nitrogens is 2. The molecule has 0 spiro atoms. The third kappa shape index (κ3) is 3.15. The van der Waals surface area contributed by atoms with Crippen LogP contribution < -0.4 is 0 Å². The molecule has 0 aliphatic carbocycles. The van der Waals surface area contributed by atoms with Crippen molar-refractivity contribution in [3.63, 3.8) is 0 Å². The first-order valence-electron chi connectivity index (χ1n) is 6.89. The largest absolute Gasteiger partial charge is 0.388 e. The fourth-order valence-electron chi connectivity index (χ4n) is 2.08. The maximum atomic E-state index is 10.4. The van der Waals surface area contributed by atoms with Crippen LogP contribution in [0.3, 0.4) is 0 Å². The molecule has 0 bridgehead atoms. The van der Waals surface area contributed by atoms with E-state index in [9.17, 15) is 5.11 Å². The van der Waals surface area contributed by atoms with Crippen LogP contribution in [0.25, 0.3) is 10.2 Å². The fraction of sp³-hybridized carbons (Fsp3) is 0.375. The van der Waals surface area contributed by atoms with Crippen LogP contribution in [0.2, 0.25) is 0 Å². The highest BCUT2D eigenvalue weighted by molar-refractivity contribution is 7.17. The highest BCUT2D eigenvalue weighted by Crippen LogP contribution is 2.28. The average molecular weight is 318 g/mol. The molecule has 0 aromatic carbocycles. The van der Waals surface area contributed by atoms with E-state index in [0.29, 0.717) is 6.42 Å². The first kappa shape index (κ1) is 14.6. The Labute approximate surface area is 132 Å². The number of aliphatic hydroxyl groups excluding tert-OH is 1. The van der Waals surface area contributed by atoms with Crippen molar-refractivity contribution in [3.05, 3.63) is 45.4 Å². The van der Waals surface area contributed by atoms with Crippen molar-refractivity contribution in [2.24, 2.45) is 0 Å². The third-order valence-corrected chi connectivity index (χ3v) is 5.12. The Balaban J connectivity index is 1.79. The van der Waals surface area contributed by atoms with E-state index in [0.717, 1.165) is 26.5 Å². The summed E-state index contributed by atoms with van der Waals surface area (Å²) >= 11 is 3.26. The second-order valence-electron chi connectivity index (χ2n) is 6.17. The molecule has 0 fully saturated rings. The normalized spacial score (nSPS) is 13.7. The van der Waals surface area contributed by atoms with E-state index < -0.39 is 6.10 Å². The zero-order chi connectivity index (χ0) is 15.0. The number of aliphatic hydroxyl groups is 1. The molecule has 21 heavy (non-hydrogen) atoms. The average Bonchev–Trinajstić information content (AvgIpc) is 3.04. The van der Waals surface area contributed by atoms with Gasteiger partial charge >= 0.3 is 0 Å². The number of rotatable bonds is 3. The highest BCUT2D eigenvalue weighted by atomic mass is 32.1. The van der Waals surface area contributed by atoms with Gasteiger partial charge in [0.1, 0.15) is 0 Å². The SMILES string of the molecule is CC(C)(C)c1csc(CC(O)c2cnc3ccsc3c2)n1. The summed E-state index contributed by atoms with van der Waals surface area (Å²) in [5, 5.41) is 15.5. The van der Waals surface area contributed by atoms with Gasteiger partial charge in [0.2, 0.25) is 0 Å². The predicted molar refractivity (Wildman–Crippen MR) is 89.1 cm³/mol. The van der Waals surface area contributed by atoms with Gasteiger partial charge in [0.15, 0.2) is 0 Å². The standard InChI is InChI=1S/C16H18N2OS2/c1-16(2,3)14-9-21-15(18-14)7-12(19)10-6-13-11(17-8-10)4-5-20-13/h4-6,8-9,12,19H,7H2,1-3H3. The van der Waals surface area contributed by atoms with E-state index in [1.54, 1.807) is 28.9 Å². The molecule has 1 unspecified atom stereocenters. The number of hydrogen-bond acceptors (Lipinski definition) is 5. The van der Waals surface area contributed by atoms with Gasteiger partial charge in [-0.2, -0.15) is 0 Å². The van der Waals surface area contributed by atoms with Crippen molar-refractivity contribution in [3.8, 4) is 0 Å². The zero-order valence-corrected chi connectivity index (χ0v) is 14.0. The van der Waals surface area contributed by atoms with Crippen LogP contribution in [0.4, 0.5) is 0 Å². The number of hydrogen-bond donors (Lipinski definition) is 1. The molecule has 3 rings (SSSR count). The summed E-state index contributed by atoms with van der Waals surface area (Å²) in [6.45, 7) is 6.45. The van der Waals surface area contributed by atoms with Crippen molar-refractivity contribution in [2.45, 2.75) is 38.7 Å². The van der Waals surface area contributed by atoms with Gasteiger partial charge in [-0.3, -0.25) is 4.98 Å². The Kier molecular flexibility index (Phi) is 3.82. The molecule has 0 aliphatic heterocycles. The first-order valence-corrected chi connectivity index (χ1v) is 8.65. The van der Waals surface area contributed by atoms with Gasteiger partial charge in [0, 0.05) is 29.0 Å². The van der Waals surface area contributed by atoms with Crippen molar-refractivity contribution in [2.75, 3.05) is 0 Å². The molecule has 0 saturated heterocycles. The summed E-state index contributed by atoms with van der Waals surface area (Å²) in [5.74, 6) is 0. The zero-order valence-electron chi connectivity index (χ0n) is 12.3. The molecule has 5 heteroatoms. The van der Waals surface area contributed by atoms with E-state index >= 15 is 0 Å². The second kappa shape index (κ2) is 5.48. The number of nitrogens with zero attached hydrogens (tertiary/aromatic N) is 2. The number of thiazole rings is 1. The van der Waals surface area contributed by atoms with Crippen LogP contribution in [0.5, 0.6) is 0 Å². The van der Waals surface area contributed by atoms with Crippen LogP contribution in [0.15, 0.2) is 29.1 Å². The number of thiophene rings is 1. The Morgan fingerprint density at radius 2 is 2.10 bits per heavy atom. The van der Waals surface area contributed by atoms with Gasteiger partial charge in [0.25, 0.3) is 0 Å². The summed E-state index contributed by atoms with van der Waals surface area (Å²) < 4.78 is 1.11. The van der Waals surface area contributed by atoms with Crippen LogP contribution >= 0.6 is 22.7 Å². The van der Waals surface area contributed by atoms with E-state index in [2.05, 4.69) is 36.1 Å². The number of pyridine rings is 1. The predicted octanol–water partition coefficient (Wildman–Crippen LogP) is 4.33. The van der Waals surface area contributed by atoms with E-state index in [1.165, 1.54) is 0 Å². The van der Waals surface area contributed by atoms with Crippen molar-refractivity contribution in [1.29, 1.82) is 0 Å². The molecule has 3 aromatic heterocycles. The monoisotopic (exact) mass is 318 g/mol. The molecular formula is C16H18N2OS2. The molecule has 1 N–H and O–H groups in total. The van der Waals surface area contributed by atoms with Gasteiger partial charge < -0.3 is 5.11 Å². The van der Waals surface area contributed by atoms with Crippen LogP contribution in [0, 0.1) is 0 Å². The quantitative estimate of drug-likeness (QED) is 0.782. The van der Waals surface area contributed by atoms with E-state index in [1.807, 2.05) is 17.5 Å². The Bertz CT molecular complexity index is 755. The first-order chi connectivity index (χ1) is 9.93. The van der Waals surface area contributed by atoms with Gasteiger partial charge in [-0.05, 0) is 17.5 Å². The van der Waals surface area contributed by atoms with E-state index in [4.69, 9.17) is 0 Å². The van der Waals surface area contributed by atoms with Crippen molar-refractivity contribution >= 4 is 32.9 Å². The molecule has 0 saturated carbocycles. The summed E-state index contributed by atoms with van der Waals surface area (Å²) in [5.41, 5.74) is 2.98. The summed E-state index contributed by atoms with van der Waals surface area (Å²) in [6, 6.07) is 4.02. The Morgan fingerprint density at radius 1 is 1.29 bits per heavy atom. The van der Waals surface area contributed by atoms with Gasteiger partial charge in [-0.15, -0.1) is 22.7 Å². The Morgan fingerprint density at radius 3 is 2.81 bits per heavy atom. The Hall–Kier alpha value is -1.30. The maximum Gasteiger partial charge on any atom is 0.0957 e. The minimum atomic E-state index is -0.553. The molecular weight excluding hydrogens is 300 g/mol. The summed E-state index contributed by atoms with van der Waals surface area (Å²) in [7, 11) is 0. The minimum absolute atomic E-state index is 0.0527. The lowest BCUT2D eigenvalue weighted by Crippen LogP contribution is -2.12. The second-order valence-corrected chi connectivity index (χ2v) is 8.06. The molecule has 3 aromatic rings. The van der Waals surface area contributed by atoms with Crippen LogP contribution in [-0.4, -0.2) is 15.1 Å². The summed E-state index contributed by atoms with van der Waals surface area (Å²) in [4.78, 5) is 9.02. The van der Waals surface area contributed by atoms with Crippen molar-refractivity contribution in [1.82, 2.24) is 9.97 Å². The lowest BCUT2D eigenvalue weighted by atomic mass is 9.93. The number of fused-ring (bicyclic) bond motifs is 1. The van der Waals surface area contributed by atoms with E-state index in [-0.39, 0.29) is 5.41 Å². The third-order valence-electron chi connectivity index (χ3n) is 3.40. The molecule has 3 nitrogen and oxygen atoms in total. The molecule has 0 radical (unpaired) electrons. The smallest absolute Gasteiger partial charge is 0.0957 e. The summed E-state index contributed by atoms with van der Waals surface area (Å²) in [6.07, 6.45) is 1.75. The molecule has 110 valence electrons. The van der Waals surface area contributed by atoms with Crippen molar-refractivity contribution < 1.29 is 5.11 Å². The highest BCUT2D eigenvalue weighted by Gasteiger charge is 2.19. The molecule has 0 aliphatic rings. The van der Waals surface area contributed by atoms with Crippen LogP contribution in [0.1, 0.15) is 43.1 Å². The van der Waals surface area contributed by atoms with Gasteiger partial charge in [-0.1, -0.05) is 20.8 Å². The van der Waals surface area contributed by atoms with Crippen LogP contribution in [-0.2, 0) is 11.8 Å². The molecule has 0 amide bonds.